The molecule has 1 aliphatic heterocycles. The Morgan fingerprint density at radius 3 is 2.76 bits per heavy atom. The van der Waals surface area contributed by atoms with Gasteiger partial charge < -0.3 is 20.1 Å². The van der Waals surface area contributed by atoms with Gasteiger partial charge in [-0.3, -0.25) is 4.79 Å². The number of ether oxygens (including phenoxy) is 2. The molecule has 0 spiro atoms. The van der Waals surface area contributed by atoms with E-state index >= 15 is 0 Å². The smallest absolute Gasteiger partial charge is 0.246 e. The van der Waals surface area contributed by atoms with Crippen LogP contribution in [0.15, 0.2) is 0 Å². The quantitative estimate of drug-likeness (QED) is 0.746. The third-order valence-corrected chi connectivity index (χ3v) is 2.28. The first-order valence-corrected chi connectivity index (χ1v) is 6.12. The molecular weight excluding hydrogens is 220 g/mol. The molecule has 0 aromatic rings. The van der Waals surface area contributed by atoms with Gasteiger partial charge in [0, 0.05) is 18.6 Å². The van der Waals surface area contributed by atoms with Crippen LogP contribution in [0.3, 0.4) is 0 Å². The van der Waals surface area contributed by atoms with Crippen molar-refractivity contribution in [2.24, 2.45) is 0 Å². The number of carbonyl (C=O) groups is 1. The average molecular weight is 244 g/mol. The van der Waals surface area contributed by atoms with E-state index in [0.717, 1.165) is 13.1 Å². The van der Waals surface area contributed by atoms with Gasteiger partial charge in [0.25, 0.3) is 0 Å². The van der Waals surface area contributed by atoms with E-state index in [1.54, 1.807) is 0 Å². The highest BCUT2D eigenvalue weighted by Crippen LogP contribution is 2.03. The summed E-state index contributed by atoms with van der Waals surface area (Å²) in [5.74, 6) is -0.0886. The largest absolute Gasteiger partial charge is 0.370 e. The van der Waals surface area contributed by atoms with Crippen molar-refractivity contribution < 1.29 is 14.3 Å². The summed E-state index contributed by atoms with van der Waals surface area (Å²) in [6.45, 7) is 10.1. The van der Waals surface area contributed by atoms with E-state index in [9.17, 15) is 4.79 Å². The van der Waals surface area contributed by atoms with Crippen LogP contribution < -0.4 is 10.6 Å². The highest BCUT2D eigenvalue weighted by molar-refractivity contribution is 5.77. The van der Waals surface area contributed by atoms with Gasteiger partial charge in [-0.2, -0.15) is 0 Å². The lowest BCUT2D eigenvalue weighted by molar-refractivity contribution is -0.130. The van der Waals surface area contributed by atoms with Crippen molar-refractivity contribution in [2.45, 2.75) is 45.4 Å². The van der Waals surface area contributed by atoms with E-state index in [4.69, 9.17) is 9.47 Å². The van der Waals surface area contributed by atoms with Crippen LogP contribution in [0, 0.1) is 0 Å². The lowest BCUT2D eigenvalue weighted by Gasteiger charge is -2.28. The summed E-state index contributed by atoms with van der Waals surface area (Å²) in [6, 6.07) is 0. The summed E-state index contributed by atoms with van der Waals surface area (Å²) >= 11 is 0. The zero-order chi connectivity index (χ0) is 12.9. The van der Waals surface area contributed by atoms with Gasteiger partial charge in [0.15, 0.2) is 0 Å². The maximum absolute atomic E-state index is 11.5. The van der Waals surface area contributed by atoms with Crippen LogP contribution in [0.1, 0.15) is 27.7 Å². The molecule has 17 heavy (non-hydrogen) atoms. The van der Waals surface area contributed by atoms with Crippen LogP contribution in [-0.2, 0) is 14.3 Å². The fourth-order valence-electron chi connectivity index (χ4n) is 1.71. The molecule has 2 unspecified atom stereocenters. The first-order chi connectivity index (χ1) is 7.87. The Hall–Kier alpha value is -0.650. The van der Waals surface area contributed by atoms with Crippen molar-refractivity contribution in [1.82, 2.24) is 10.6 Å². The van der Waals surface area contributed by atoms with Gasteiger partial charge in [-0.25, -0.2) is 0 Å². The van der Waals surface area contributed by atoms with Gasteiger partial charge in [-0.05, 0) is 27.7 Å². The van der Waals surface area contributed by atoms with E-state index in [1.165, 1.54) is 0 Å². The lowest BCUT2D eigenvalue weighted by atomic mass is 10.1. The monoisotopic (exact) mass is 244 g/mol. The Labute approximate surface area is 103 Å². The number of amides is 1. The number of carbonyl (C=O) groups excluding carboxylic acids is 1. The molecule has 1 saturated heterocycles. The minimum atomic E-state index is -0.210. The Morgan fingerprint density at radius 1 is 1.47 bits per heavy atom. The van der Waals surface area contributed by atoms with Gasteiger partial charge in [-0.15, -0.1) is 0 Å². The zero-order valence-electron chi connectivity index (χ0n) is 11.2. The van der Waals surface area contributed by atoms with Gasteiger partial charge in [0.05, 0.1) is 18.8 Å². The van der Waals surface area contributed by atoms with E-state index in [1.807, 2.05) is 27.7 Å². The zero-order valence-corrected chi connectivity index (χ0v) is 11.2. The van der Waals surface area contributed by atoms with Crippen molar-refractivity contribution in [3.05, 3.63) is 0 Å². The van der Waals surface area contributed by atoms with E-state index in [0.29, 0.717) is 6.61 Å². The molecule has 0 aliphatic carbocycles. The number of hydrogen-bond donors (Lipinski definition) is 2. The van der Waals surface area contributed by atoms with Crippen molar-refractivity contribution >= 4 is 5.91 Å². The van der Waals surface area contributed by atoms with Crippen molar-refractivity contribution in [1.29, 1.82) is 0 Å². The molecule has 1 heterocycles. The molecule has 0 aromatic carbocycles. The first-order valence-electron chi connectivity index (χ1n) is 6.12. The topological polar surface area (TPSA) is 59.6 Å². The van der Waals surface area contributed by atoms with Crippen LogP contribution in [-0.4, -0.2) is 50.0 Å². The van der Waals surface area contributed by atoms with E-state index in [-0.39, 0.29) is 30.3 Å². The Bertz CT molecular complexity index is 251. The van der Waals surface area contributed by atoms with Crippen LogP contribution >= 0.6 is 0 Å². The second-order valence-corrected chi connectivity index (χ2v) is 5.54. The first kappa shape index (κ1) is 14.4. The van der Waals surface area contributed by atoms with Crippen LogP contribution in [0.5, 0.6) is 0 Å². The molecule has 2 N–H and O–H groups in total. The van der Waals surface area contributed by atoms with E-state index in [2.05, 4.69) is 10.6 Å². The normalized spacial score (nSPS) is 25.6. The summed E-state index contributed by atoms with van der Waals surface area (Å²) < 4.78 is 11.0. The molecule has 5 heteroatoms. The van der Waals surface area contributed by atoms with Crippen molar-refractivity contribution in [2.75, 3.05) is 26.3 Å². The second-order valence-electron chi connectivity index (χ2n) is 5.54. The third kappa shape index (κ3) is 6.61. The highest BCUT2D eigenvalue weighted by Gasteiger charge is 2.19. The number of morpholine rings is 1. The molecule has 0 aromatic heterocycles. The average Bonchev–Trinajstić information content (AvgIpc) is 2.14. The second kappa shape index (κ2) is 6.33. The Kier molecular flexibility index (Phi) is 5.36. The standard InChI is InChI=1S/C12H24N2O3/c1-9-5-13-6-10(17-9)7-16-8-11(15)14-12(2,3)4/h9-10,13H,5-8H2,1-4H3,(H,14,15). The molecule has 1 fully saturated rings. The molecular formula is C12H24N2O3. The van der Waals surface area contributed by atoms with Crippen LogP contribution in [0.25, 0.3) is 0 Å². The number of nitrogens with one attached hydrogen (secondary N) is 2. The summed E-state index contributed by atoms with van der Waals surface area (Å²) in [4.78, 5) is 11.5. The minimum Gasteiger partial charge on any atom is -0.370 e. The summed E-state index contributed by atoms with van der Waals surface area (Å²) in [7, 11) is 0. The maximum atomic E-state index is 11.5. The van der Waals surface area contributed by atoms with Crippen LogP contribution in [0.2, 0.25) is 0 Å². The third-order valence-electron chi connectivity index (χ3n) is 2.28. The molecule has 100 valence electrons. The highest BCUT2D eigenvalue weighted by atomic mass is 16.5. The van der Waals surface area contributed by atoms with Crippen molar-refractivity contribution in [3.63, 3.8) is 0 Å². The maximum Gasteiger partial charge on any atom is 0.246 e. The molecule has 0 radical (unpaired) electrons. The fourth-order valence-corrected chi connectivity index (χ4v) is 1.71. The van der Waals surface area contributed by atoms with E-state index < -0.39 is 0 Å². The summed E-state index contributed by atoms with van der Waals surface area (Å²) in [5, 5.41) is 6.10. The summed E-state index contributed by atoms with van der Waals surface area (Å²) in [5.41, 5.74) is -0.210. The molecule has 2 atom stereocenters. The van der Waals surface area contributed by atoms with Gasteiger partial charge in [0.1, 0.15) is 6.61 Å². The fraction of sp³-hybridized carbons (Fsp3) is 0.917. The van der Waals surface area contributed by atoms with Crippen molar-refractivity contribution in [3.8, 4) is 0 Å². The molecule has 1 amide bonds. The van der Waals surface area contributed by atoms with Gasteiger partial charge >= 0.3 is 0 Å². The molecule has 0 bridgehead atoms. The number of rotatable bonds is 4. The predicted molar refractivity (Wildman–Crippen MR) is 65.9 cm³/mol. The molecule has 5 nitrogen and oxygen atoms in total. The Balaban J connectivity index is 2.13. The SMILES string of the molecule is CC1CNCC(COCC(=O)NC(C)(C)C)O1. The van der Waals surface area contributed by atoms with Crippen LogP contribution in [0.4, 0.5) is 0 Å². The number of hydrogen-bond acceptors (Lipinski definition) is 4. The molecule has 0 saturated carbocycles. The molecule has 1 rings (SSSR count). The Morgan fingerprint density at radius 2 is 2.18 bits per heavy atom. The van der Waals surface area contributed by atoms with Gasteiger partial charge in [0.2, 0.25) is 5.91 Å². The summed E-state index contributed by atoms with van der Waals surface area (Å²) in [6.07, 6.45) is 0.252. The predicted octanol–water partition coefficient (Wildman–Crippen LogP) is 0.295. The minimum absolute atomic E-state index is 0.0428. The lowest BCUT2D eigenvalue weighted by Crippen LogP contribution is -2.46. The van der Waals surface area contributed by atoms with Gasteiger partial charge in [-0.1, -0.05) is 0 Å². The molecule has 1 aliphatic rings.